The smallest absolute Gasteiger partial charge is 0.408 e. The van der Waals surface area contributed by atoms with E-state index < -0.39 is 35.6 Å². The van der Waals surface area contributed by atoms with Crippen LogP contribution < -0.4 is 10.6 Å². The van der Waals surface area contributed by atoms with Gasteiger partial charge in [0.25, 0.3) is 0 Å². The summed E-state index contributed by atoms with van der Waals surface area (Å²) in [5.74, 6) is -1.29. The largest absolute Gasteiger partial charge is 0.444 e. The molecule has 0 fully saturated rings. The van der Waals surface area contributed by atoms with E-state index in [-0.39, 0.29) is 19.0 Å². The highest BCUT2D eigenvalue weighted by atomic mass is 16.6. The quantitative estimate of drug-likeness (QED) is 0.484. The van der Waals surface area contributed by atoms with Crippen LogP contribution in [0.15, 0.2) is 48.5 Å². The number of hydrogen-bond acceptors (Lipinski definition) is 5. The summed E-state index contributed by atoms with van der Waals surface area (Å²) >= 11 is 0. The third kappa shape index (κ3) is 8.64. The number of nitrogens with one attached hydrogen (secondary N) is 2. The predicted molar refractivity (Wildman–Crippen MR) is 142 cm³/mol. The molecule has 0 spiro atoms. The lowest BCUT2D eigenvalue weighted by Gasteiger charge is -2.34. The first kappa shape index (κ1) is 29.4. The van der Waals surface area contributed by atoms with E-state index in [4.69, 9.17) is 4.74 Å². The number of alkyl carbamates (subject to hydrolysis) is 1. The van der Waals surface area contributed by atoms with E-state index in [0.29, 0.717) is 5.56 Å². The number of ether oxygens (including phenoxy) is 1. The van der Waals surface area contributed by atoms with Gasteiger partial charge in [-0.2, -0.15) is 5.26 Å². The number of rotatable bonds is 9. The monoisotopic (exact) mass is 506 g/mol. The van der Waals surface area contributed by atoms with Crippen LogP contribution in [0.2, 0.25) is 0 Å². The second-order valence-corrected chi connectivity index (χ2v) is 10.4. The van der Waals surface area contributed by atoms with E-state index in [2.05, 4.69) is 10.6 Å². The average Bonchev–Trinajstić information content (AvgIpc) is 2.82. The van der Waals surface area contributed by atoms with Crippen LogP contribution in [0.1, 0.15) is 62.9 Å². The Balaban J connectivity index is 2.46. The minimum absolute atomic E-state index is 0.263. The van der Waals surface area contributed by atoms with Crippen LogP contribution in [0, 0.1) is 31.1 Å². The molecule has 0 heterocycles. The van der Waals surface area contributed by atoms with Crippen LogP contribution in [0.25, 0.3) is 0 Å². The number of amides is 3. The Morgan fingerprint density at radius 3 is 2.22 bits per heavy atom. The molecule has 8 heteroatoms. The Hall–Kier alpha value is -3.86. The third-order valence-corrected chi connectivity index (χ3v) is 5.85. The van der Waals surface area contributed by atoms with Gasteiger partial charge in [0.2, 0.25) is 11.8 Å². The molecule has 0 aliphatic carbocycles. The molecule has 2 rings (SSSR count). The Bertz CT molecular complexity index is 1130. The lowest BCUT2D eigenvalue weighted by molar-refractivity contribution is -0.142. The molecule has 2 aromatic carbocycles. The van der Waals surface area contributed by atoms with Gasteiger partial charge in [0.1, 0.15) is 24.2 Å². The molecule has 198 valence electrons. The first-order valence-electron chi connectivity index (χ1n) is 12.4. The second kappa shape index (κ2) is 12.9. The zero-order valence-corrected chi connectivity index (χ0v) is 22.8. The van der Waals surface area contributed by atoms with Crippen molar-refractivity contribution in [3.63, 3.8) is 0 Å². The molecule has 0 aliphatic heterocycles. The van der Waals surface area contributed by atoms with E-state index >= 15 is 0 Å². The lowest BCUT2D eigenvalue weighted by Crippen LogP contribution is -2.55. The number of aryl methyl sites for hydroxylation is 2. The molecule has 0 saturated carbocycles. The first-order valence-corrected chi connectivity index (χ1v) is 12.4. The molecular weight excluding hydrogens is 468 g/mol. The maximum Gasteiger partial charge on any atom is 0.408 e. The van der Waals surface area contributed by atoms with Crippen molar-refractivity contribution in [2.45, 2.75) is 72.7 Å². The number of nitrogens with zero attached hydrogens (tertiary/aromatic N) is 2. The van der Waals surface area contributed by atoms with Gasteiger partial charge in [0.15, 0.2) is 0 Å². The van der Waals surface area contributed by atoms with Crippen LogP contribution in [0.3, 0.4) is 0 Å². The van der Waals surface area contributed by atoms with Gasteiger partial charge >= 0.3 is 6.09 Å². The van der Waals surface area contributed by atoms with Crippen molar-refractivity contribution in [3.05, 3.63) is 70.8 Å². The zero-order chi connectivity index (χ0) is 27.8. The molecule has 2 aromatic rings. The fraction of sp³-hybridized carbons (Fsp3) is 0.448. The van der Waals surface area contributed by atoms with Gasteiger partial charge in [0, 0.05) is 6.54 Å². The maximum absolute atomic E-state index is 13.8. The molecular formula is C29H38N4O4. The molecule has 0 aliphatic rings. The number of hydrogen-bond donors (Lipinski definition) is 2. The van der Waals surface area contributed by atoms with Crippen LogP contribution in [0.4, 0.5) is 4.79 Å². The van der Waals surface area contributed by atoms with E-state index in [0.717, 1.165) is 16.7 Å². The fourth-order valence-corrected chi connectivity index (χ4v) is 3.79. The van der Waals surface area contributed by atoms with Crippen LogP contribution in [0.5, 0.6) is 0 Å². The number of carbonyl (C=O) groups excluding carboxylic acids is 3. The Morgan fingerprint density at radius 1 is 1.03 bits per heavy atom. The summed E-state index contributed by atoms with van der Waals surface area (Å²) in [7, 11) is 0. The fourth-order valence-electron chi connectivity index (χ4n) is 3.79. The summed E-state index contributed by atoms with van der Waals surface area (Å²) in [4.78, 5) is 41.2. The second-order valence-electron chi connectivity index (χ2n) is 10.4. The molecule has 37 heavy (non-hydrogen) atoms. The molecule has 0 bridgehead atoms. The maximum atomic E-state index is 13.8. The van der Waals surface area contributed by atoms with E-state index in [1.165, 1.54) is 4.90 Å². The molecule has 0 saturated heterocycles. The molecule has 2 unspecified atom stereocenters. The molecule has 8 nitrogen and oxygen atoms in total. The van der Waals surface area contributed by atoms with Gasteiger partial charge in [-0.25, -0.2) is 4.79 Å². The summed E-state index contributed by atoms with van der Waals surface area (Å²) in [6.45, 7) is 12.6. The first-order chi connectivity index (χ1) is 17.3. The lowest BCUT2D eigenvalue weighted by atomic mass is 9.96. The zero-order valence-electron chi connectivity index (χ0n) is 22.8. The number of benzene rings is 2. The van der Waals surface area contributed by atoms with Gasteiger partial charge in [0.05, 0.1) is 6.07 Å². The van der Waals surface area contributed by atoms with Gasteiger partial charge in [-0.05, 0) is 62.8 Å². The van der Waals surface area contributed by atoms with Crippen molar-refractivity contribution < 1.29 is 19.1 Å². The molecule has 0 radical (unpaired) electrons. The average molecular weight is 507 g/mol. The molecule has 2 N–H and O–H groups in total. The number of carbonyl (C=O) groups is 3. The summed E-state index contributed by atoms with van der Waals surface area (Å²) in [6, 6.07) is 14.9. The third-order valence-electron chi connectivity index (χ3n) is 5.85. The molecule has 2 atom stereocenters. The highest BCUT2D eigenvalue weighted by Crippen LogP contribution is 2.26. The van der Waals surface area contributed by atoms with E-state index in [1.54, 1.807) is 40.7 Å². The minimum atomic E-state index is -1.07. The van der Waals surface area contributed by atoms with Crippen molar-refractivity contribution >= 4 is 17.9 Å². The Labute approximate surface area is 220 Å². The standard InChI is InChI=1S/C29H38N4O4/c1-19(2)24(32-28(36)37-29(5,6)7)27(35)33(16-15-30)25(23-14-13-20(3)21(4)17-23)26(34)31-18-22-11-9-8-10-12-22/h8-14,17,19,24-25H,16,18H2,1-7H3,(H,31,34)(H,32,36). The summed E-state index contributed by atoms with van der Waals surface area (Å²) in [5, 5.41) is 15.2. The van der Waals surface area contributed by atoms with E-state index in [9.17, 15) is 19.6 Å². The van der Waals surface area contributed by atoms with Crippen molar-refractivity contribution in [1.29, 1.82) is 5.26 Å². The van der Waals surface area contributed by atoms with Crippen LogP contribution in [-0.2, 0) is 20.9 Å². The Morgan fingerprint density at radius 2 is 1.68 bits per heavy atom. The van der Waals surface area contributed by atoms with E-state index in [1.807, 2.05) is 62.4 Å². The summed E-state index contributed by atoms with van der Waals surface area (Å²) in [6.07, 6.45) is -0.743. The summed E-state index contributed by atoms with van der Waals surface area (Å²) < 4.78 is 5.35. The Kier molecular flexibility index (Phi) is 10.2. The number of nitriles is 1. The SMILES string of the molecule is Cc1ccc(C(C(=O)NCc2ccccc2)N(CC#N)C(=O)C(NC(=O)OC(C)(C)C)C(C)C)cc1C. The van der Waals surface area contributed by atoms with Crippen molar-refractivity contribution in [2.75, 3.05) is 6.54 Å². The van der Waals surface area contributed by atoms with Gasteiger partial charge < -0.3 is 20.3 Å². The summed E-state index contributed by atoms with van der Waals surface area (Å²) in [5.41, 5.74) is 2.73. The highest BCUT2D eigenvalue weighted by molar-refractivity contribution is 5.92. The highest BCUT2D eigenvalue weighted by Gasteiger charge is 2.37. The van der Waals surface area contributed by atoms with Crippen LogP contribution in [-0.4, -0.2) is 41.0 Å². The van der Waals surface area contributed by atoms with Crippen LogP contribution >= 0.6 is 0 Å². The minimum Gasteiger partial charge on any atom is -0.444 e. The van der Waals surface area contributed by atoms with Crippen molar-refractivity contribution in [1.82, 2.24) is 15.5 Å². The topological polar surface area (TPSA) is 112 Å². The predicted octanol–water partition coefficient (Wildman–Crippen LogP) is 4.56. The van der Waals surface area contributed by atoms with Gasteiger partial charge in [-0.3, -0.25) is 9.59 Å². The van der Waals surface area contributed by atoms with Crippen molar-refractivity contribution in [2.24, 2.45) is 5.92 Å². The van der Waals surface area contributed by atoms with Crippen molar-refractivity contribution in [3.8, 4) is 6.07 Å². The molecule has 0 aromatic heterocycles. The normalized spacial score (nSPS) is 12.7. The van der Waals surface area contributed by atoms with Gasteiger partial charge in [-0.1, -0.05) is 62.4 Å². The molecule has 3 amide bonds. The van der Waals surface area contributed by atoms with Gasteiger partial charge in [-0.15, -0.1) is 0 Å².